The summed E-state index contributed by atoms with van der Waals surface area (Å²) in [5, 5.41) is 26.4. The van der Waals surface area contributed by atoms with Crippen molar-refractivity contribution in [3.05, 3.63) is 29.3 Å². The van der Waals surface area contributed by atoms with Crippen LogP contribution in [-0.2, 0) is 14.8 Å². The molecule has 0 bridgehead atoms. The van der Waals surface area contributed by atoms with E-state index in [0.29, 0.717) is 11.1 Å². The highest BCUT2D eigenvalue weighted by Gasteiger charge is 2.25. The van der Waals surface area contributed by atoms with Crippen LogP contribution in [0.3, 0.4) is 0 Å². The maximum absolute atomic E-state index is 12.0. The SMILES string of the molecule is Cc1cc(S(=O)(=O)NC(CCO)C(=O)O)ccc1C#N. The number of hydrogen-bond donors (Lipinski definition) is 3. The normalized spacial score (nSPS) is 12.7. The van der Waals surface area contributed by atoms with E-state index < -0.39 is 28.6 Å². The summed E-state index contributed by atoms with van der Waals surface area (Å²) in [5.41, 5.74) is 0.818. The van der Waals surface area contributed by atoms with Crippen LogP contribution in [0.15, 0.2) is 23.1 Å². The van der Waals surface area contributed by atoms with Gasteiger partial charge in [-0.3, -0.25) is 4.79 Å². The van der Waals surface area contributed by atoms with Gasteiger partial charge in [0.15, 0.2) is 0 Å². The second-order valence-corrected chi connectivity index (χ2v) is 5.83. The molecule has 0 aliphatic carbocycles. The zero-order chi connectivity index (χ0) is 15.3. The van der Waals surface area contributed by atoms with Gasteiger partial charge in [0.2, 0.25) is 10.0 Å². The van der Waals surface area contributed by atoms with Crippen molar-refractivity contribution >= 4 is 16.0 Å². The molecule has 1 aromatic carbocycles. The standard InChI is InChI=1S/C12H14N2O5S/c1-8-6-10(3-2-9(8)7-13)20(18,19)14-11(4-5-15)12(16)17/h2-3,6,11,14-15H,4-5H2,1H3,(H,16,17). The Hall–Kier alpha value is -1.95. The van der Waals surface area contributed by atoms with Crippen LogP contribution in [0.2, 0.25) is 0 Å². The Morgan fingerprint density at radius 3 is 2.60 bits per heavy atom. The van der Waals surface area contributed by atoms with Gasteiger partial charge in [0.1, 0.15) is 6.04 Å². The molecule has 0 amide bonds. The summed E-state index contributed by atoms with van der Waals surface area (Å²) < 4.78 is 26.1. The molecule has 1 rings (SSSR count). The van der Waals surface area contributed by atoms with E-state index in [0.717, 1.165) is 0 Å². The molecule has 20 heavy (non-hydrogen) atoms. The molecule has 8 heteroatoms. The molecule has 7 nitrogen and oxygen atoms in total. The van der Waals surface area contributed by atoms with Gasteiger partial charge in [-0.15, -0.1) is 0 Å². The maximum Gasteiger partial charge on any atom is 0.321 e. The van der Waals surface area contributed by atoms with E-state index in [4.69, 9.17) is 15.5 Å². The molecule has 1 atom stereocenters. The van der Waals surface area contributed by atoms with E-state index in [1.165, 1.54) is 18.2 Å². The first-order valence-corrected chi connectivity index (χ1v) is 7.17. The van der Waals surface area contributed by atoms with Crippen molar-refractivity contribution in [1.29, 1.82) is 5.26 Å². The molecule has 0 aliphatic heterocycles. The van der Waals surface area contributed by atoms with Crippen LogP contribution in [0.5, 0.6) is 0 Å². The highest BCUT2D eigenvalue weighted by molar-refractivity contribution is 7.89. The van der Waals surface area contributed by atoms with Crippen LogP contribution < -0.4 is 4.72 Å². The maximum atomic E-state index is 12.0. The number of carboxylic acids is 1. The number of sulfonamides is 1. The minimum atomic E-state index is -4.03. The van der Waals surface area contributed by atoms with E-state index >= 15 is 0 Å². The number of carbonyl (C=O) groups is 1. The molecule has 3 N–H and O–H groups in total. The molecule has 0 spiro atoms. The number of nitrogens with one attached hydrogen (secondary N) is 1. The summed E-state index contributed by atoms with van der Waals surface area (Å²) in [4.78, 5) is 10.8. The summed E-state index contributed by atoms with van der Waals surface area (Å²) in [5.74, 6) is -1.37. The summed E-state index contributed by atoms with van der Waals surface area (Å²) in [7, 11) is -4.03. The zero-order valence-corrected chi connectivity index (χ0v) is 11.5. The van der Waals surface area contributed by atoms with Crippen molar-refractivity contribution in [1.82, 2.24) is 4.72 Å². The third-order valence-electron chi connectivity index (χ3n) is 2.64. The third kappa shape index (κ3) is 3.77. The lowest BCUT2D eigenvalue weighted by Gasteiger charge is -2.14. The number of rotatable bonds is 6. The van der Waals surface area contributed by atoms with Crippen molar-refractivity contribution in [2.24, 2.45) is 0 Å². The molecule has 108 valence electrons. The van der Waals surface area contributed by atoms with E-state index in [1.54, 1.807) is 6.92 Å². The fourth-order valence-electron chi connectivity index (χ4n) is 1.55. The van der Waals surface area contributed by atoms with Gasteiger partial charge in [-0.05, 0) is 37.1 Å². The first-order chi connectivity index (χ1) is 9.31. The van der Waals surface area contributed by atoms with Gasteiger partial charge in [-0.1, -0.05) is 0 Å². The van der Waals surface area contributed by atoms with Crippen molar-refractivity contribution in [3.8, 4) is 6.07 Å². The molecule has 1 unspecified atom stereocenters. The fraction of sp³-hybridized carbons (Fsp3) is 0.333. The minimum absolute atomic E-state index is 0.127. The number of nitriles is 1. The van der Waals surface area contributed by atoms with E-state index in [-0.39, 0.29) is 11.3 Å². The predicted octanol–water partition coefficient (Wildman–Crippen LogP) is -0.0194. The molecule has 0 saturated heterocycles. The van der Waals surface area contributed by atoms with Crippen LogP contribution in [0.25, 0.3) is 0 Å². The number of benzene rings is 1. The van der Waals surface area contributed by atoms with Crippen LogP contribution in [-0.4, -0.2) is 37.2 Å². The number of carboxylic acid groups (broad SMARTS) is 1. The van der Waals surface area contributed by atoms with Gasteiger partial charge in [0.05, 0.1) is 16.5 Å². The van der Waals surface area contributed by atoms with Crippen LogP contribution in [0.4, 0.5) is 0 Å². The highest BCUT2D eigenvalue weighted by atomic mass is 32.2. The Morgan fingerprint density at radius 1 is 1.50 bits per heavy atom. The molecule has 0 heterocycles. The van der Waals surface area contributed by atoms with Gasteiger partial charge in [0, 0.05) is 6.61 Å². The number of hydrogen-bond acceptors (Lipinski definition) is 5. The molecular weight excluding hydrogens is 284 g/mol. The van der Waals surface area contributed by atoms with Gasteiger partial charge in [-0.25, -0.2) is 8.42 Å². The molecular formula is C12H14N2O5S. The van der Waals surface area contributed by atoms with Crippen molar-refractivity contribution < 1.29 is 23.4 Å². The average Bonchev–Trinajstić information content (AvgIpc) is 2.37. The smallest absolute Gasteiger partial charge is 0.321 e. The Kier molecular flexibility index (Phi) is 5.21. The lowest BCUT2D eigenvalue weighted by Crippen LogP contribution is -2.41. The van der Waals surface area contributed by atoms with Crippen LogP contribution >= 0.6 is 0 Å². The molecule has 0 saturated carbocycles. The molecule has 0 aliphatic rings. The predicted molar refractivity (Wildman–Crippen MR) is 69.3 cm³/mol. The number of aliphatic hydroxyl groups is 1. The topological polar surface area (TPSA) is 127 Å². The monoisotopic (exact) mass is 298 g/mol. The number of aliphatic carboxylic acids is 1. The van der Waals surface area contributed by atoms with Crippen molar-refractivity contribution in [3.63, 3.8) is 0 Å². The Balaban J connectivity index is 3.08. The Bertz CT molecular complexity index is 648. The lowest BCUT2D eigenvalue weighted by molar-refractivity contribution is -0.139. The third-order valence-corrected chi connectivity index (χ3v) is 4.11. The highest BCUT2D eigenvalue weighted by Crippen LogP contribution is 2.15. The van der Waals surface area contributed by atoms with Crippen LogP contribution in [0, 0.1) is 18.3 Å². The lowest BCUT2D eigenvalue weighted by atomic mass is 10.1. The average molecular weight is 298 g/mol. The Labute approximate surface area is 116 Å². The van der Waals surface area contributed by atoms with Gasteiger partial charge >= 0.3 is 5.97 Å². The largest absolute Gasteiger partial charge is 0.480 e. The molecule has 0 radical (unpaired) electrons. The molecule has 0 aromatic heterocycles. The second kappa shape index (κ2) is 6.47. The van der Waals surface area contributed by atoms with Gasteiger partial charge < -0.3 is 10.2 Å². The summed E-state index contributed by atoms with van der Waals surface area (Å²) in [6.45, 7) is 1.13. The summed E-state index contributed by atoms with van der Waals surface area (Å²) in [6.07, 6.45) is -0.232. The van der Waals surface area contributed by atoms with E-state index in [9.17, 15) is 13.2 Å². The second-order valence-electron chi connectivity index (χ2n) is 4.11. The zero-order valence-electron chi connectivity index (χ0n) is 10.7. The van der Waals surface area contributed by atoms with Crippen molar-refractivity contribution in [2.45, 2.75) is 24.3 Å². The number of nitrogens with zero attached hydrogens (tertiary/aromatic N) is 1. The molecule has 1 aromatic rings. The first kappa shape index (κ1) is 16.1. The molecule has 0 fully saturated rings. The van der Waals surface area contributed by atoms with Gasteiger partial charge in [0.25, 0.3) is 0 Å². The quantitative estimate of drug-likeness (QED) is 0.677. The number of aliphatic hydroxyl groups excluding tert-OH is 1. The van der Waals surface area contributed by atoms with E-state index in [2.05, 4.69) is 0 Å². The van der Waals surface area contributed by atoms with E-state index in [1.807, 2.05) is 10.8 Å². The summed E-state index contributed by atoms with van der Waals surface area (Å²) >= 11 is 0. The fourth-order valence-corrected chi connectivity index (χ4v) is 2.85. The minimum Gasteiger partial charge on any atom is -0.480 e. The Morgan fingerprint density at radius 2 is 2.15 bits per heavy atom. The van der Waals surface area contributed by atoms with Crippen molar-refractivity contribution in [2.75, 3.05) is 6.61 Å². The van der Waals surface area contributed by atoms with Crippen LogP contribution in [0.1, 0.15) is 17.5 Å². The summed E-state index contributed by atoms with van der Waals surface area (Å²) in [6, 6.07) is 4.38. The first-order valence-electron chi connectivity index (χ1n) is 5.68. The van der Waals surface area contributed by atoms with Gasteiger partial charge in [-0.2, -0.15) is 9.98 Å². The number of aryl methyl sites for hydroxylation is 1.